The van der Waals surface area contributed by atoms with Gasteiger partial charge in [0, 0.05) is 36.0 Å². The number of aliphatic hydroxyl groups excluding tert-OH is 1. The molecule has 6 nitrogen and oxygen atoms in total. The number of aliphatic hydroxyl groups is 1. The molecule has 2 N–H and O–H groups in total. The molecule has 2 heterocycles. The predicted molar refractivity (Wildman–Crippen MR) is 86.0 cm³/mol. The molecule has 0 unspecified atom stereocenters. The van der Waals surface area contributed by atoms with Crippen LogP contribution in [0.15, 0.2) is 30.7 Å². The number of aromatic nitrogens is 3. The third-order valence-electron chi connectivity index (χ3n) is 4.60. The molecule has 1 saturated carbocycles. The lowest BCUT2D eigenvalue weighted by atomic mass is 9.63. The Morgan fingerprint density at radius 1 is 1.57 bits per heavy atom. The minimum atomic E-state index is -0.324. The van der Waals surface area contributed by atoms with E-state index >= 15 is 0 Å². The number of nitrogens with zero attached hydrogens (tertiary/aromatic N) is 3. The Bertz CT molecular complexity index is 706. The highest BCUT2D eigenvalue weighted by atomic mass is 35.5. The van der Waals surface area contributed by atoms with Crippen LogP contribution in [-0.4, -0.2) is 32.4 Å². The molecule has 122 valence electrons. The van der Waals surface area contributed by atoms with Crippen LogP contribution in [0, 0.1) is 5.41 Å². The van der Waals surface area contributed by atoms with Gasteiger partial charge in [-0.3, -0.25) is 9.48 Å². The molecule has 1 atom stereocenters. The van der Waals surface area contributed by atoms with Crippen molar-refractivity contribution in [2.24, 2.45) is 12.5 Å². The van der Waals surface area contributed by atoms with Crippen LogP contribution < -0.4 is 5.32 Å². The third-order valence-corrected chi connectivity index (χ3v) is 4.81. The number of halogens is 1. The van der Waals surface area contributed by atoms with Gasteiger partial charge in [-0.2, -0.15) is 5.10 Å². The van der Waals surface area contributed by atoms with E-state index in [0.717, 1.165) is 24.8 Å². The Balaban J connectivity index is 1.88. The molecule has 0 saturated heterocycles. The fraction of sp³-hybridized carbons (Fsp3) is 0.438. The topological polar surface area (TPSA) is 80.0 Å². The second kappa shape index (κ2) is 6.29. The van der Waals surface area contributed by atoms with Crippen molar-refractivity contribution in [1.29, 1.82) is 0 Å². The molecule has 1 aliphatic rings. The molecule has 2 aromatic heterocycles. The third kappa shape index (κ3) is 3.09. The highest BCUT2D eigenvalue weighted by Gasteiger charge is 2.45. The fourth-order valence-corrected chi connectivity index (χ4v) is 3.28. The Morgan fingerprint density at radius 3 is 2.87 bits per heavy atom. The number of pyridine rings is 1. The number of rotatable bonds is 5. The van der Waals surface area contributed by atoms with Crippen molar-refractivity contribution in [3.05, 3.63) is 47.0 Å². The first-order valence-electron chi connectivity index (χ1n) is 7.56. The average molecular weight is 335 g/mol. The van der Waals surface area contributed by atoms with E-state index in [4.69, 9.17) is 11.6 Å². The monoisotopic (exact) mass is 334 g/mol. The van der Waals surface area contributed by atoms with Crippen molar-refractivity contribution in [2.75, 3.05) is 6.61 Å². The van der Waals surface area contributed by atoms with Gasteiger partial charge in [0.2, 0.25) is 0 Å². The number of nitrogens with one attached hydrogen (secondary N) is 1. The quantitative estimate of drug-likeness (QED) is 0.821. The smallest absolute Gasteiger partial charge is 0.251 e. The van der Waals surface area contributed by atoms with E-state index in [9.17, 15) is 9.90 Å². The maximum atomic E-state index is 12.6. The largest absolute Gasteiger partial charge is 0.396 e. The average Bonchev–Trinajstić information content (AvgIpc) is 2.92. The zero-order valence-corrected chi connectivity index (χ0v) is 13.6. The first-order chi connectivity index (χ1) is 11.0. The number of hydrogen-bond acceptors (Lipinski definition) is 4. The zero-order valence-electron chi connectivity index (χ0n) is 12.9. The standard InChI is InChI=1S/C16H19ClN4O2/c1-21-9-12(8-19-21)14(16(10-22)4-2-5-16)20-15(23)11-3-6-18-13(17)7-11/h3,6-9,14,22H,2,4-5,10H2,1H3,(H,20,23)/t14-/m1/s1. The fourth-order valence-electron chi connectivity index (χ4n) is 3.11. The minimum Gasteiger partial charge on any atom is -0.396 e. The lowest BCUT2D eigenvalue weighted by Crippen LogP contribution is -2.47. The lowest BCUT2D eigenvalue weighted by molar-refractivity contribution is 0.00598. The van der Waals surface area contributed by atoms with E-state index in [1.54, 1.807) is 16.9 Å². The molecule has 0 aliphatic heterocycles. The molecule has 0 radical (unpaired) electrons. The number of amides is 1. The maximum Gasteiger partial charge on any atom is 0.251 e. The Kier molecular flexibility index (Phi) is 4.37. The highest BCUT2D eigenvalue weighted by Crippen LogP contribution is 2.49. The molecule has 0 aromatic carbocycles. The molecule has 1 aliphatic carbocycles. The van der Waals surface area contributed by atoms with Crippen LogP contribution >= 0.6 is 11.6 Å². The van der Waals surface area contributed by atoms with Crippen molar-refractivity contribution in [3.8, 4) is 0 Å². The van der Waals surface area contributed by atoms with E-state index in [1.165, 1.54) is 12.3 Å². The van der Waals surface area contributed by atoms with Gasteiger partial charge < -0.3 is 10.4 Å². The first kappa shape index (κ1) is 16.0. The Hall–Kier alpha value is -1.92. The van der Waals surface area contributed by atoms with Crippen molar-refractivity contribution in [3.63, 3.8) is 0 Å². The van der Waals surface area contributed by atoms with Gasteiger partial charge in [0.25, 0.3) is 5.91 Å². The number of carbonyl (C=O) groups is 1. The van der Waals surface area contributed by atoms with E-state index in [2.05, 4.69) is 15.4 Å². The summed E-state index contributed by atoms with van der Waals surface area (Å²) in [6, 6.07) is 2.87. The normalized spacial score (nSPS) is 17.3. The molecule has 1 fully saturated rings. The highest BCUT2D eigenvalue weighted by molar-refractivity contribution is 6.29. The summed E-state index contributed by atoms with van der Waals surface area (Å²) in [6.45, 7) is 0.0317. The molecule has 3 rings (SSSR count). The maximum absolute atomic E-state index is 12.6. The summed E-state index contributed by atoms with van der Waals surface area (Å²) in [5.41, 5.74) is 1.02. The molecule has 1 amide bonds. The summed E-state index contributed by atoms with van der Waals surface area (Å²) in [5, 5.41) is 17.4. The van der Waals surface area contributed by atoms with Crippen LogP contribution in [0.2, 0.25) is 5.15 Å². The van der Waals surface area contributed by atoms with E-state index in [1.807, 2.05) is 13.2 Å². The van der Waals surface area contributed by atoms with Crippen molar-refractivity contribution in [1.82, 2.24) is 20.1 Å². The Morgan fingerprint density at radius 2 is 2.35 bits per heavy atom. The van der Waals surface area contributed by atoms with Gasteiger partial charge in [-0.05, 0) is 25.0 Å². The molecular formula is C16H19ClN4O2. The van der Waals surface area contributed by atoms with E-state index < -0.39 is 0 Å². The van der Waals surface area contributed by atoms with Crippen molar-refractivity contribution < 1.29 is 9.90 Å². The zero-order chi connectivity index (χ0) is 16.4. The first-order valence-corrected chi connectivity index (χ1v) is 7.94. The number of carbonyl (C=O) groups excluding carboxylic acids is 1. The van der Waals surface area contributed by atoms with Gasteiger partial charge in [0.05, 0.1) is 18.8 Å². The summed E-state index contributed by atoms with van der Waals surface area (Å²) in [6.07, 6.45) is 7.91. The molecular weight excluding hydrogens is 316 g/mol. The van der Waals surface area contributed by atoms with Crippen LogP contribution in [0.3, 0.4) is 0 Å². The summed E-state index contributed by atoms with van der Waals surface area (Å²) in [7, 11) is 1.83. The van der Waals surface area contributed by atoms with Crippen LogP contribution in [0.1, 0.15) is 41.2 Å². The predicted octanol–water partition coefficient (Wildman–Crippen LogP) is 2.10. The van der Waals surface area contributed by atoms with Gasteiger partial charge >= 0.3 is 0 Å². The van der Waals surface area contributed by atoms with Crippen molar-refractivity contribution >= 4 is 17.5 Å². The van der Waals surface area contributed by atoms with Crippen LogP contribution in [0.4, 0.5) is 0 Å². The second-order valence-electron chi connectivity index (χ2n) is 6.10. The summed E-state index contributed by atoms with van der Waals surface area (Å²) >= 11 is 5.86. The molecule has 0 bridgehead atoms. The van der Waals surface area contributed by atoms with Gasteiger partial charge in [-0.15, -0.1) is 0 Å². The van der Waals surface area contributed by atoms with Gasteiger partial charge in [0.15, 0.2) is 0 Å². The van der Waals surface area contributed by atoms with Gasteiger partial charge in [0.1, 0.15) is 5.15 Å². The van der Waals surface area contributed by atoms with Crippen LogP contribution in [0.5, 0.6) is 0 Å². The number of hydrogen-bond donors (Lipinski definition) is 2. The number of aryl methyl sites for hydroxylation is 1. The second-order valence-corrected chi connectivity index (χ2v) is 6.48. The summed E-state index contributed by atoms with van der Waals surface area (Å²) < 4.78 is 1.70. The molecule has 7 heteroatoms. The summed E-state index contributed by atoms with van der Waals surface area (Å²) in [4.78, 5) is 16.5. The summed E-state index contributed by atoms with van der Waals surface area (Å²) in [5.74, 6) is -0.233. The van der Waals surface area contributed by atoms with E-state index in [-0.39, 0.29) is 29.1 Å². The van der Waals surface area contributed by atoms with Gasteiger partial charge in [-0.1, -0.05) is 18.0 Å². The Labute approximate surface area is 139 Å². The van der Waals surface area contributed by atoms with E-state index in [0.29, 0.717) is 5.56 Å². The SMILES string of the molecule is Cn1cc([C@@H](NC(=O)c2ccnc(Cl)c2)C2(CO)CCC2)cn1. The molecule has 23 heavy (non-hydrogen) atoms. The van der Waals surface area contributed by atoms with Crippen LogP contribution in [-0.2, 0) is 7.05 Å². The molecule has 2 aromatic rings. The molecule has 0 spiro atoms. The van der Waals surface area contributed by atoms with Crippen molar-refractivity contribution in [2.45, 2.75) is 25.3 Å². The van der Waals surface area contributed by atoms with Gasteiger partial charge in [-0.25, -0.2) is 4.98 Å². The lowest BCUT2D eigenvalue weighted by Gasteiger charge is -2.46. The minimum absolute atomic E-state index is 0.0317. The van der Waals surface area contributed by atoms with Crippen LogP contribution in [0.25, 0.3) is 0 Å².